The molecule has 0 bridgehead atoms. The van der Waals surface area contributed by atoms with Crippen LogP contribution in [0.3, 0.4) is 0 Å². The van der Waals surface area contributed by atoms with Gasteiger partial charge in [-0.05, 0) is 19.3 Å². The standard InChI is InChI=1S/C9H18O3/c1-2-8(4-3-5-10)9-11-6-7-12-9/h8-10H,2-7H2,1H3/t8-/m1/s1. The van der Waals surface area contributed by atoms with Gasteiger partial charge < -0.3 is 14.6 Å². The van der Waals surface area contributed by atoms with Gasteiger partial charge in [0, 0.05) is 12.5 Å². The fourth-order valence-electron chi connectivity index (χ4n) is 1.53. The van der Waals surface area contributed by atoms with Crippen molar-refractivity contribution in [2.24, 2.45) is 5.92 Å². The summed E-state index contributed by atoms with van der Waals surface area (Å²) >= 11 is 0. The van der Waals surface area contributed by atoms with Crippen molar-refractivity contribution in [3.63, 3.8) is 0 Å². The van der Waals surface area contributed by atoms with E-state index in [2.05, 4.69) is 6.92 Å². The molecule has 0 aliphatic carbocycles. The zero-order valence-corrected chi connectivity index (χ0v) is 7.66. The molecule has 1 atom stereocenters. The smallest absolute Gasteiger partial charge is 0.160 e. The van der Waals surface area contributed by atoms with Gasteiger partial charge in [0.1, 0.15) is 0 Å². The van der Waals surface area contributed by atoms with Crippen LogP contribution in [0.25, 0.3) is 0 Å². The van der Waals surface area contributed by atoms with Gasteiger partial charge >= 0.3 is 0 Å². The Morgan fingerprint density at radius 1 is 1.42 bits per heavy atom. The van der Waals surface area contributed by atoms with E-state index in [0.29, 0.717) is 5.92 Å². The van der Waals surface area contributed by atoms with Crippen LogP contribution in [0.4, 0.5) is 0 Å². The van der Waals surface area contributed by atoms with Crippen molar-refractivity contribution < 1.29 is 14.6 Å². The first-order valence-corrected chi connectivity index (χ1v) is 4.72. The maximum atomic E-state index is 8.67. The monoisotopic (exact) mass is 174 g/mol. The third kappa shape index (κ3) is 2.73. The highest BCUT2D eigenvalue weighted by Gasteiger charge is 2.24. The number of rotatable bonds is 5. The van der Waals surface area contributed by atoms with Gasteiger partial charge in [0.05, 0.1) is 13.2 Å². The van der Waals surface area contributed by atoms with Gasteiger partial charge in [0.25, 0.3) is 0 Å². The molecule has 0 aromatic heterocycles. The van der Waals surface area contributed by atoms with Crippen molar-refractivity contribution in [2.45, 2.75) is 32.5 Å². The molecular formula is C9H18O3. The van der Waals surface area contributed by atoms with E-state index < -0.39 is 0 Å². The maximum absolute atomic E-state index is 8.67. The molecule has 12 heavy (non-hydrogen) atoms. The fourth-order valence-corrected chi connectivity index (χ4v) is 1.53. The van der Waals surface area contributed by atoms with Crippen LogP contribution in [0.15, 0.2) is 0 Å². The maximum Gasteiger partial charge on any atom is 0.160 e. The molecule has 1 aliphatic rings. The molecule has 1 aliphatic heterocycles. The van der Waals surface area contributed by atoms with Crippen molar-refractivity contribution in [3.8, 4) is 0 Å². The molecule has 72 valence electrons. The number of hydrogen-bond donors (Lipinski definition) is 1. The third-order valence-electron chi connectivity index (χ3n) is 2.29. The summed E-state index contributed by atoms with van der Waals surface area (Å²) in [4.78, 5) is 0. The molecule has 3 heteroatoms. The second-order valence-corrected chi connectivity index (χ2v) is 3.14. The predicted octanol–water partition coefficient (Wildman–Crippen LogP) is 1.16. The summed E-state index contributed by atoms with van der Waals surface area (Å²) in [7, 11) is 0. The van der Waals surface area contributed by atoms with Gasteiger partial charge in [-0.1, -0.05) is 6.92 Å². The Kier molecular flexibility index (Phi) is 4.58. The summed E-state index contributed by atoms with van der Waals surface area (Å²) in [5.41, 5.74) is 0. The molecule has 0 aromatic rings. The van der Waals surface area contributed by atoms with Crippen LogP contribution in [-0.2, 0) is 9.47 Å². The van der Waals surface area contributed by atoms with Crippen molar-refractivity contribution in [2.75, 3.05) is 19.8 Å². The van der Waals surface area contributed by atoms with Gasteiger partial charge in [0.2, 0.25) is 0 Å². The first-order chi connectivity index (χ1) is 5.88. The van der Waals surface area contributed by atoms with E-state index in [1.807, 2.05) is 0 Å². The highest BCUT2D eigenvalue weighted by Crippen LogP contribution is 2.22. The van der Waals surface area contributed by atoms with E-state index in [-0.39, 0.29) is 12.9 Å². The Hall–Kier alpha value is -0.120. The molecule has 0 radical (unpaired) electrons. The molecule has 0 amide bonds. The van der Waals surface area contributed by atoms with Crippen molar-refractivity contribution >= 4 is 0 Å². The van der Waals surface area contributed by atoms with E-state index in [1.165, 1.54) is 0 Å². The van der Waals surface area contributed by atoms with Crippen LogP contribution >= 0.6 is 0 Å². The van der Waals surface area contributed by atoms with Gasteiger partial charge in [-0.25, -0.2) is 0 Å². The highest BCUT2D eigenvalue weighted by molar-refractivity contribution is 4.64. The molecule has 0 aromatic carbocycles. The minimum absolute atomic E-state index is 0.0125. The Labute approximate surface area is 73.7 Å². The molecule has 1 fully saturated rings. The number of aliphatic hydroxyl groups is 1. The lowest BCUT2D eigenvalue weighted by atomic mass is 10.00. The van der Waals surface area contributed by atoms with Crippen molar-refractivity contribution in [3.05, 3.63) is 0 Å². The number of hydrogen-bond acceptors (Lipinski definition) is 3. The fraction of sp³-hybridized carbons (Fsp3) is 1.00. The van der Waals surface area contributed by atoms with Crippen LogP contribution in [-0.4, -0.2) is 31.2 Å². The van der Waals surface area contributed by atoms with Crippen LogP contribution in [0.1, 0.15) is 26.2 Å². The predicted molar refractivity (Wildman–Crippen MR) is 45.8 cm³/mol. The van der Waals surface area contributed by atoms with Gasteiger partial charge in [-0.3, -0.25) is 0 Å². The van der Waals surface area contributed by atoms with Crippen LogP contribution in [0, 0.1) is 5.92 Å². The van der Waals surface area contributed by atoms with Gasteiger partial charge in [-0.15, -0.1) is 0 Å². The molecular weight excluding hydrogens is 156 g/mol. The van der Waals surface area contributed by atoms with E-state index in [1.54, 1.807) is 0 Å². The summed E-state index contributed by atoms with van der Waals surface area (Å²) in [5.74, 6) is 0.458. The quantitative estimate of drug-likeness (QED) is 0.679. The summed E-state index contributed by atoms with van der Waals surface area (Å²) in [5, 5.41) is 8.67. The Balaban J connectivity index is 2.22. The first-order valence-electron chi connectivity index (χ1n) is 4.72. The lowest BCUT2D eigenvalue weighted by molar-refractivity contribution is -0.0873. The highest BCUT2D eigenvalue weighted by atomic mass is 16.7. The Bertz CT molecular complexity index is 110. The van der Waals surface area contributed by atoms with Crippen molar-refractivity contribution in [1.82, 2.24) is 0 Å². The zero-order valence-electron chi connectivity index (χ0n) is 7.66. The third-order valence-corrected chi connectivity index (χ3v) is 2.29. The molecule has 0 unspecified atom stereocenters. The minimum atomic E-state index is -0.0125. The summed E-state index contributed by atoms with van der Waals surface area (Å²) in [6.07, 6.45) is 2.89. The van der Waals surface area contributed by atoms with Gasteiger partial charge in [-0.2, -0.15) is 0 Å². The Morgan fingerprint density at radius 3 is 2.58 bits per heavy atom. The summed E-state index contributed by atoms with van der Waals surface area (Å²) < 4.78 is 10.8. The lowest BCUT2D eigenvalue weighted by Crippen LogP contribution is -2.21. The van der Waals surface area contributed by atoms with Crippen LogP contribution < -0.4 is 0 Å². The molecule has 0 saturated carbocycles. The lowest BCUT2D eigenvalue weighted by Gasteiger charge is -2.19. The second kappa shape index (κ2) is 5.51. The summed E-state index contributed by atoms with van der Waals surface area (Å²) in [6.45, 7) is 3.84. The largest absolute Gasteiger partial charge is 0.396 e. The molecule has 1 saturated heterocycles. The average Bonchev–Trinajstić information content (AvgIpc) is 2.59. The minimum Gasteiger partial charge on any atom is -0.396 e. The van der Waals surface area contributed by atoms with E-state index in [4.69, 9.17) is 14.6 Å². The molecule has 0 spiro atoms. The summed E-state index contributed by atoms with van der Waals surface area (Å²) in [6, 6.07) is 0. The van der Waals surface area contributed by atoms with E-state index >= 15 is 0 Å². The SMILES string of the molecule is CC[C@H](CCCO)C1OCCO1. The second-order valence-electron chi connectivity index (χ2n) is 3.14. The van der Waals surface area contributed by atoms with E-state index in [9.17, 15) is 0 Å². The molecule has 1 N–H and O–H groups in total. The Morgan fingerprint density at radius 2 is 2.08 bits per heavy atom. The van der Waals surface area contributed by atoms with Crippen LogP contribution in [0.2, 0.25) is 0 Å². The normalized spacial score (nSPS) is 21.5. The zero-order chi connectivity index (χ0) is 8.81. The van der Waals surface area contributed by atoms with Crippen LogP contribution in [0.5, 0.6) is 0 Å². The molecule has 1 heterocycles. The number of aliphatic hydroxyl groups excluding tert-OH is 1. The molecule has 3 nitrogen and oxygen atoms in total. The first kappa shape index (κ1) is 9.96. The van der Waals surface area contributed by atoms with Gasteiger partial charge in [0.15, 0.2) is 6.29 Å². The average molecular weight is 174 g/mol. The number of ether oxygens (including phenoxy) is 2. The topological polar surface area (TPSA) is 38.7 Å². The van der Waals surface area contributed by atoms with E-state index in [0.717, 1.165) is 32.5 Å². The van der Waals surface area contributed by atoms with Crippen molar-refractivity contribution in [1.29, 1.82) is 0 Å². The molecule has 1 rings (SSSR count).